The van der Waals surface area contributed by atoms with E-state index in [1.54, 1.807) is 12.4 Å². The van der Waals surface area contributed by atoms with Gasteiger partial charge in [-0.05, 0) is 25.8 Å². The highest BCUT2D eigenvalue weighted by molar-refractivity contribution is 5.98. The van der Waals surface area contributed by atoms with Crippen molar-refractivity contribution in [2.24, 2.45) is 5.92 Å². The minimum Gasteiger partial charge on any atom is -0.344 e. The molecule has 0 aliphatic carbocycles. The largest absolute Gasteiger partial charge is 0.344 e. The van der Waals surface area contributed by atoms with Gasteiger partial charge < -0.3 is 10.6 Å². The summed E-state index contributed by atoms with van der Waals surface area (Å²) >= 11 is 0. The van der Waals surface area contributed by atoms with E-state index in [1.807, 2.05) is 38.4 Å². The van der Waals surface area contributed by atoms with Crippen LogP contribution in [0.25, 0.3) is 11.0 Å². The summed E-state index contributed by atoms with van der Waals surface area (Å²) in [6.07, 6.45) is 3.33. The van der Waals surface area contributed by atoms with Crippen LogP contribution in [0.2, 0.25) is 0 Å². The third-order valence-corrected chi connectivity index (χ3v) is 3.50. The number of rotatable bonds is 5. The van der Waals surface area contributed by atoms with Gasteiger partial charge in [-0.3, -0.25) is 9.59 Å². The monoisotopic (exact) mass is 317 g/mol. The molecule has 0 saturated carbocycles. The highest BCUT2D eigenvalue weighted by Gasteiger charge is 2.23. The number of pyridine rings is 1. The number of aromatic nitrogens is 3. The standard InChI is InChI=1S/C16H23N5O2/c1-9(2)14(19-11(5)22)16(23)20-13-6-12-7-18-21(10(3)4)15(12)17-8-13/h6-10,14H,1-5H3,(H,19,22)(H,20,23)/t14-/m0/s1. The van der Waals surface area contributed by atoms with Crippen molar-refractivity contribution in [3.05, 3.63) is 18.5 Å². The highest BCUT2D eigenvalue weighted by atomic mass is 16.2. The molecule has 0 unspecified atom stereocenters. The molecule has 1 atom stereocenters. The summed E-state index contributed by atoms with van der Waals surface area (Å²) < 4.78 is 1.83. The average Bonchev–Trinajstić information content (AvgIpc) is 2.87. The molecule has 2 aromatic heterocycles. The molecule has 2 N–H and O–H groups in total. The molecule has 23 heavy (non-hydrogen) atoms. The first-order valence-corrected chi connectivity index (χ1v) is 7.70. The van der Waals surface area contributed by atoms with Gasteiger partial charge in [0.2, 0.25) is 11.8 Å². The zero-order valence-electron chi connectivity index (χ0n) is 14.1. The molecule has 0 aliphatic heterocycles. The predicted molar refractivity (Wildman–Crippen MR) is 89.0 cm³/mol. The maximum Gasteiger partial charge on any atom is 0.247 e. The number of fused-ring (bicyclic) bond motifs is 1. The average molecular weight is 317 g/mol. The van der Waals surface area contributed by atoms with E-state index < -0.39 is 6.04 Å². The Morgan fingerprint density at radius 2 is 1.87 bits per heavy atom. The topological polar surface area (TPSA) is 88.9 Å². The molecule has 0 aromatic carbocycles. The van der Waals surface area contributed by atoms with Crippen LogP contribution >= 0.6 is 0 Å². The van der Waals surface area contributed by atoms with Gasteiger partial charge in [0.15, 0.2) is 5.65 Å². The molecular formula is C16H23N5O2. The Hall–Kier alpha value is -2.44. The van der Waals surface area contributed by atoms with E-state index in [1.165, 1.54) is 6.92 Å². The first-order valence-electron chi connectivity index (χ1n) is 7.70. The Bertz CT molecular complexity index is 720. The molecule has 2 heterocycles. The molecule has 2 amide bonds. The van der Waals surface area contributed by atoms with Crippen LogP contribution in [-0.2, 0) is 9.59 Å². The minimum atomic E-state index is -0.582. The predicted octanol–water partition coefficient (Wildman–Crippen LogP) is 2.11. The SMILES string of the molecule is CC(=O)N[C@H](C(=O)Nc1cnc2c(cnn2C(C)C)c1)C(C)C. The van der Waals surface area contributed by atoms with Crippen LogP contribution in [0.4, 0.5) is 5.69 Å². The van der Waals surface area contributed by atoms with E-state index in [-0.39, 0.29) is 23.8 Å². The zero-order chi connectivity index (χ0) is 17.1. The van der Waals surface area contributed by atoms with Gasteiger partial charge in [-0.15, -0.1) is 0 Å². The Morgan fingerprint density at radius 3 is 2.43 bits per heavy atom. The van der Waals surface area contributed by atoms with Crippen molar-refractivity contribution in [1.29, 1.82) is 0 Å². The number of carbonyl (C=O) groups excluding carboxylic acids is 2. The number of hydrogen-bond donors (Lipinski definition) is 2. The van der Waals surface area contributed by atoms with Crippen LogP contribution in [0, 0.1) is 5.92 Å². The van der Waals surface area contributed by atoms with E-state index >= 15 is 0 Å². The Labute approximate surface area is 135 Å². The smallest absolute Gasteiger partial charge is 0.247 e. The van der Waals surface area contributed by atoms with Crippen molar-refractivity contribution in [2.75, 3.05) is 5.32 Å². The second-order valence-electron chi connectivity index (χ2n) is 6.23. The fraction of sp³-hybridized carbons (Fsp3) is 0.500. The number of carbonyl (C=O) groups is 2. The zero-order valence-corrected chi connectivity index (χ0v) is 14.1. The third-order valence-electron chi connectivity index (χ3n) is 3.50. The minimum absolute atomic E-state index is 0.0146. The molecule has 124 valence electrons. The number of nitrogens with one attached hydrogen (secondary N) is 2. The number of anilines is 1. The second kappa shape index (κ2) is 6.76. The summed E-state index contributed by atoms with van der Waals surface area (Å²) in [6.45, 7) is 9.23. The van der Waals surface area contributed by atoms with E-state index in [0.717, 1.165) is 11.0 Å². The fourth-order valence-electron chi connectivity index (χ4n) is 2.36. The Morgan fingerprint density at radius 1 is 1.17 bits per heavy atom. The van der Waals surface area contributed by atoms with E-state index in [2.05, 4.69) is 20.7 Å². The summed E-state index contributed by atoms with van der Waals surface area (Å²) in [5.74, 6) is -0.502. The van der Waals surface area contributed by atoms with Crippen LogP contribution in [0.5, 0.6) is 0 Å². The maximum absolute atomic E-state index is 12.4. The second-order valence-corrected chi connectivity index (χ2v) is 6.23. The van der Waals surface area contributed by atoms with E-state index in [0.29, 0.717) is 5.69 Å². The molecule has 0 spiro atoms. The maximum atomic E-state index is 12.4. The normalized spacial score (nSPS) is 12.7. The fourth-order valence-corrected chi connectivity index (χ4v) is 2.36. The Balaban J connectivity index is 2.20. The van der Waals surface area contributed by atoms with Gasteiger partial charge in [0.05, 0.1) is 18.1 Å². The molecule has 7 heteroatoms. The van der Waals surface area contributed by atoms with Crippen molar-refractivity contribution in [2.45, 2.75) is 46.7 Å². The van der Waals surface area contributed by atoms with E-state index in [4.69, 9.17) is 0 Å². The van der Waals surface area contributed by atoms with Crippen molar-refractivity contribution < 1.29 is 9.59 Å². The van der Waals surface area contributed by atoms with Crippen molar-refractivity contribution in [3.63, 3.8) is 0 Å². The quantitative estimate of drug-likeness (QED) is 0.884. The van der Waals surface area contributed by atoms with Crippen LogP contribution in [-0.4, -0.2) is 32.6 Å². The first kappa shape index (κ1) is 16.9. The lowest BCUT2D eigenvalue weighted by Crippen LogP contribution is -2.46. The van der Waals surface area contributed by atoms with Crippen LogP contribution < -0.4 is 10.6 Å². The Kier molecular flexibility index (Phi) is 4.98. The lowest BCUT2D eigenvalue weighted by atomic mass is 10.0. The van der Waals surface area contributed by atoms with Gasteiger partial charge in [-0.25, -0.2) is 9.67 Å². The molecule has 2 rings (SSSR count). The molecule has 0 radical (unpaired) electrons. The number of amides is 2. The van der Waals surface area contributed by atoms with Crippen molar-refractivity contribution >= 4 is 28.5 Å². The number of nitrogens with zero attached hydrogens (tertiary/aromatic N) is 3. The molecule has 0 bridgehead atoms. The van der Waals surface area contributed by atoms with Crippen LogP contribution in [0.3, 0.4) is 0 Å². The summed E-state index contributed by atoms with van der Waals surface area (Å²) in [6, 6.07) is 1.46. The van der Waals surface area contributed by atoms with Crippen molar-refractivity contribution in [3.8, 4) is 0 Å². The van der Waals surface area contributed by atoms with Crippen molar-refractivity contribution in [1.82, 2.24) is 20.1 Å². The molecule has 2 aromatic rings. The summed E-state index contributed by atoms with van der Waals surface area (Å²) in [5, 5.41) is 10.6. The molecule has 0 aliphatic rings. The van der Waals surface area contributed by atoms with Crippen LogP contribution in [0.15, 0.2) is 18.5 Å². The highest BCUT2D eigenvalue weighted by Crippen LogP contribution is 2.19. The summed E-state index contributed by atoms with van der Waals surface area (Å²) in [5.41, 5.74) is 1.36. The molecular weight excluding hydrogens is 294 g/mol. The summed E-state index contributed by atoms with van der Waals surface area (Å²) in [7, 11) is 0. The van der Waals surface area contributed by atoms with Crippen LogP contribution in [0.1, 0.15) is 40.7 Å². The molecule has 0 saturated heterocycles. The lowest BCUT2D eigenvalue weighted by molar-refractivity contribution is -0.126. The third kappa shape index (κ3) is 3.85. The summed E-state index contributed by atoms with van der Waals surface area (Å²) in [4.78, 5) is 28.0. The van der Waals surface area contributed by atoms with Gasteiger partial charge in [0, 0.05) is 18.4 Å². The van der Waals surface area contributed by atoms with Gasteiger partial charge >= 0.3 is 0 Å². The molecule has 0 fully saturated rings. The van der Waals surface area contributed by atoms with E-state index in [9.17, 15) is 9.59 Å². The lowest BCUT2D eigenvalue weighted by Gasteiger charge is -2.20. The van der Waals surface area contributed by atoms with Gasteiger partial charge in [-0.2, -0.15) is 5.10 Å². The van der Waals surface area contributed by atoms with Gasteiger partial charge in [-0.1, -0.05) is 13.8 Å². The molecule has 7 nitrogen and oxygen atoms in total. The van der Waals surface area contributed by atoms with Gasteiger partial charge in [0.25, 0.3) is 0 Å². The first-order chi connectivity index (χ1) is 10.8. The number of hydrogen-bond acceptors (Lipinski definition) is 4. The van der Waals surface area contributed by atoms with Gasteiger partial charge in [0.1, 0.15) is 6.04 Å².